The van der Waals surface area contributed by atoms with Gasteiger partial charge in [0, 0.05) is 11.8 Å². The van der Waals surface area contributed by atoms with Crippen molar-refractivity contribution in [1.29, 1.82) is 0 Å². The molecule has 0 aliphatic carbocycles. The van der Waals surface area contributed by atoms with Crippen LogP contribution in [0.4, 0.5) is 5.69 Å². The smallest absolute Gasteiger partial charge is 0.227 e. The van der Waals surface area contributed by atoms with Crippen LogP contribution in [0.25, 0.3) is 0 Å². The zero-order valence-electron chi connectivity index (χ0n) is 11.3. The molecule has 0 bridgehead atoms. The van der Waals surface area contributed by atoms with Gasteiger partial charge in [0.1, 0.15) is 11.5 Å². The van der Waals surface area contributed by atoms with Crippen molar-refractivity contribution in [3.63, 3.8) is 0 Å². The largest absolute Gasteiger partial charge is 0.508 e. The molecule has 4 heteroatoms. The van der Waals surface area contributed by atoms with Crippen LogP contribution < -0.4 is 10.1 Å². The van der Waals surface area contributed by atoms with Crippen molar-refractivity contribution in [2.24, 2.45) is 0 Å². The molecule has 2 N–H and O–H groups in total. The molecule has 2 aromatic carbocycles. The predicted molar refractivity (Wildman–Crippen MR) is 78.0 cm³/mol. The lowest BCUT2D eigenvalue weighted by atomic mass is 10.2. The maximum Gasteiger partial charge on any atom is 0.227 e. The molecule has 0 aromatic heterocycles. The van der Waals surface area contributed by atoms with Gasteiger partial charge in [0.2, 0.25) is 5.91 Å². The van der Waals surface area contributed by atoms with E-state index in [0.717, 1.165) is 11.3 Å². The second-order valence-electron chi connectivity index (χ2n) is 4.46. The first-order chi connectivity index (χ1) is 9.65. The average Bonchev–Trinajstić information content (AvgIpc) is 2.44. The van der Waals surface area contributed by atoms with Gasteiger partial charge in [0.05, 0.1) is 13.0 Å². The van der Waals surface area contributed by atoms with Gasteiger partial charge in [0.15, 0.2) is 0 Å². The van der Waals surface area contributed by atoms with E-state index in [9.17, 15) is 9.90 Å². The highest BCUT2D eigenvalue weighted by molar-refractivity contribution is 5.91. The second kappa shape index (κ2) is 6.61. The van der Waals surface area contributed by atoms with Crippen molar-refractivity contribution in [1.82, 2.24) is 0 Å². The summed E-state index contributed by atoms with van der Waals surface area (Å²) in [6.45, 7) is 2.11. The molecule has 0 fully saturated rings. The first kappa shape index (κ1) is 13.9. The number of carbonyl (C=O) groups is 1. The lowest BCUT2D eigenvalue weighted by Gasteiger charge is -2.08. The Hall–Kier alpha value is -2.49. The normalized spacial score (nSPS) is 10.1. The van der Waals surface area contributed by atoms with Crippen molar-refractivity contribution in [2.45, 2.75) is 13.3 Å². The van der Waals surface area contributed by atoms with E-state index in [1.807, 2.05) is 30.3 Å². The third-order valence-corrected chi connectivity index (χ3v) is 2.83. The number of phenolic OH excluding ortho intramolecular Hbond substituents is 1. The van der Waals surface area contributed by atoms with Crippen LogP contribution in [0, 0.1) is 6.92 Å². The van der Waals surface area contributed by atoms with E-state index >= 15 is 0 Å². The minimum atomic E-state index is -0.149. The standard InChI is InChI=1S/C16H17NO3/c1-12-7-8-13(11-15(12)18)17-16(19)9-10-20-14-5-3-2-4-6-14/h2-8,11,18H,9-10H2,1H3,(H,17,19). The molecule has 0 radical (unpaired) electrons. The first-order valence-corrected chi connectivity index (χ1v) is 6.42. The number of benzene rings is 2. The zero-order valence-corrected chi connectivity index (χ0v) is 11.3. The monoisotopic (exact) mass is 271 g/mol. The van der Waals surface area contributed by atoms with Crippen LogP contribution in [0.3, 0.4) is 0 Å². The lowest BCUT2D eigenvalue weighted by molar-refractivity contribution is -0.116. The minimum Gasteiger partial charge on any atom is -0.508 e. The van der Waals surface area contributed by atoms with Crippen molar-refractivity contribution >= 4 is 11.6 Å². The number of aromatic hydroxyl groups is 1. The number of para-hydroxylation sites is 1. The van der Waals surface area contributed by atoms with E-state index in [4.69, 9.17) is 4.74 Å². The molecule has 2 aromatic rings. The topological polar surface area (TPSA) is 58.6 Å². The van der Waals surface area contributed by atoms with Gasteiger partial charge in [-0.15, -0.1) is 0 Å². The van der Waals surface area contributed by atoms with Crippen LogP contribution in [-0.2, 0) is 4.79 Å². The third-order valence-electron chi connectivity index (χ3n) is 2.83. The molecule has 0 aliphatic rings. The van der Waals surface area contributed by atoms with Gasteiger partial charge in [0.25, 0.3) is 0 Å². The molecular weight excluding hydrogens is 254 g/mol. The number of carbonyl (C=O) groups excluding carboxylic acids is 1. The maximum atomic E-state index is 11.7. The lowest BCUT2D eigenvalue weighted by Crippen LogP contribution is -2.15. The number of phenols is 1. The van der Waals surface area contributed by atoms with Crippen LogP contribution in [0.1, 0.15) is 12.0 Å². The van der Waals surface area contributed by atoms with Crippen molar-refractivity contribution in [3.8, 4) is 11.5 Å². The van der Waals surface area contributed by atoms with E-state index in [0.29, 0.717) is 12.3 Å². The first-order valence-electron chi connectivity index (χ1n) is 6.42. The number of hydrogen-bond acceptors (Lipinski definition) is 3. The van der Waals surface area contributed by atoms with E-state index in [1.54, 1.807) is 19.1 Å². The van der Waals surface area contributed by atoms with Crippen molar-refractivity contribution < 1.29 is 14.6 Å². The summed E-state index contributed by atoms with van der Waals surface area (Å²) < 4.78 is 5.45. The number of rotatable bonds is 5. The molecule has 4 nitrogen and oxygen atoms in total. The summed E-state index contributed by atoms with van der Waals surface area (Å²) in [6, 6.07) is 14.4. The molecule has 0 spiro atoms. The van der Waals surface area contributed by atoms with Crippen LogP contribution >= 0.6 is 0 Å². The summed E-state index contributed by atoms with van der Waals surface area (Å²) in [5.74, 6) is 0.765. The van der Waals surface area contributed by atoms with Crippen LogP contribution in [0.15, 0.2) is 48.5 Å². The highest BCUT2D eigenvalue weighted by Crippen LogP contribution is 2.20. The molecule has 20 heavy (non-hydrogen) atoms. The van der Waals surface area contributed by atoms with Crippen LogP contribution in [0.5, 0.6) is 11.5 Å². The fourth-order valence-electron chi connectivity index (χ4n) is 1.69. The van der Waals surface area contributed by atoms with Crippen LogP contribution in [0.2, 0.25) is 0 Å². The van der Waals surface area contributed by atoms with Gasteiger partial charge < -0.3 is 15.2 Å². The maximum absolute atomic E-state index is 11.7. The Kier molecular flexibility index (Phi) is 4.60. The van der Waals surface area contributed by atoms with E-state index in [2.05, 4.69) is 5.32 Å². The minimum absolute atomic E-state index is 0.149. The number of amides is 1. The fourth-order valence-corrected chi connectivity index (χ4v) is 1.69. The van der Waals surface area contributed by atoms with Gasteiger partial charge in [-0.2, -0.15) is 0 Å². The molecule has 0 unspecified atom stereocenters. The van der Waals surface area contributed by atoms with Gasteiger partial charge in [-0.1, -0.05) is 24.3 Å². The Morgan fingerprint density at radius 2 is 1.95 bits per heavy atom. The zero-order chi connectivity index (χ0) is 14.4. The molecule has 0 aliphatic heterocycles. The Morgan fingerprint density at radius 3 is 2.65 bits per heavy atom. The highest BCUT2D eigenvalue weighted by Gasteiger charge is 2.04. The third kappa shape index (κ3) is 4.02. The Labute approximate surface area is 118 Å². The fraction of sp³-hybridized carbons (Fsp3) is 0.188. The van der Waals surface area contributed by atoms with Crippen molar-refractivity contribution in [3.05, 3.63) is 54.1 Å². The van der Waals surface area contributed by atoms with E-state index in [-0.39, 0.29) is 18.1 Å². The quantitative estimate of drug-likeness (QED) is 0.878. The molecule has 0 saturated heterocycles. The molecule has 104 valence electrons. The van der Waals surface area contributed by atoms with Gasteiger partial charge >= 0.3 is 0 Å². The molecule has 0 atom stereocenters. The number of aryl methyl sites for hydroxylation is 1. The summed E-state index contributed by atoms with van der Waals surface area (Å²) in [5.41, 5.74) is 1.35. The van der Waals surface area contributed by atoms with Gasteiger partial charge in [-0.3, -0.25) is 4.79 Å². The second-order valence-corrected chi connectivity index (χ2v) is 4.46. The summed E-state index contributed by atoms with van der Waals surface area (Å²) in [4.78, 5) is 11.7. The Balaban J connectivity index is 1.79. The number of nitrogens with one attached hydrogen (secondary N) is 1. The number of ether oxygens (including phenoxy) is 1. The summed E-state index contributed by atoms with van der Waals surface area (Å²) in [7, 11) is 0. The predicted octanol–water partition coefficient (Wildman–Crippen LogP) is 3.11. The van der Waals surface area contributed by atoms with Crippen molar-refractivity contribution in [2.75, 3.05) is 11.9 Å². The SMILES string of the molecule is Cc1ccc(NC(=O)CCOc2ccccc2)cc1O. The average molecular weight is 271 g/mol. The van der Waals surface area contributed by atoms with Gasteiger partial charge in [-0.05, 0) is 30.7 Å². The molecule has 1 amide bonds. The summed E-state index contributed by atoms with van der Waals surface area (Å²) in [5, 5.41) is 12.3. The molecular formula is C16H17NO3. The number of hydrogen-bond donors (Lipinski definition) is 2. The molecule has 0 saturated carbocycles. The number of anilines is 1. The highest BCUT2D eigenvalue weighted by atomic mass is 16.5. The summed E-state index contributed by atoms with van der Waals surface area (Å²) >= 11 is 0. The van der Waals surface area contributed by atoms with E-state index in [1.165, 1.54) is 6.07 Å². The molecule has 0 heterocycles. The molecule has 2 rings (SSSR count). The Bertz CT molecular complexity index is 582. The van der Waals surface area contributed by atoms with Crippen LogP contribution in [-0.4, -0.2) is 17.6 Å². The summed E-state index contributed by atoms with van der Waals surface area (Å²) in [6.07, 6.45) is 0.254. The Morgan fingerprint density at radius 1 is 1.20 bits per heavy atom. The van der Waals surface area contributed by atoms with E-state index < -0.39 is 0 Å². The van der Waals surface area contributed by atoms with Gasteiger partial charge in [-0.25, -0.2) is 0 Å².